The molecule has 0 bridgehead atoms. The van der Waals surface area contributed by atoms with Gasteiger partial charge in [-0.3, -0.25) is 46.9 Å². The molecule has 466 valence electrons. The number of phosphoric ester groups is 1. The smallest absolute Gasteiger partial charge is 0.475 e. The molecular weight excluding hydrogens is 1180 g/mol. The highest BCUT2D eigenvalue weighted by Gasteiger charge is 2.48. The number of carbonyl (C=O) groups is 4. The van der Waals surface area contributed by atoms with Crippen LogP contribution >= 0.6 is 7.82 Å². The number of H-pyrrole nitrogens is 1. The Kier molecular flexibility index (Phi) is 22.0. The average Bonchev–Trinajstić information content (AvgIpc) is 0.792. The highest BCUT2D eigenvalue weighted by Crippen LogP contribution is 2.54. The maximum absolute atomic E-state index is 15.4. The second-order valence-electron chi connectivity index (χ2n) is 20.7. The number of anilines is 1. The van der Waals surface area contributed by atoms with Gasteiger partial charge in [0.05, 0.1) is 46.8 Å². The molecule has 2 aliphatic heterocycles. The molecule has 2 aromatic heterocycles. The lowest BCUT2D eigenvalue weighted by molar-refractivity contribution is -0.153. The Balaban J connectivity index is 1.02. The number of nitrogens with zero attached hydrogens (tertiary/aromatic N) is 4. The van der Waals surface area contributed by atoms with Gasteiger partial charge >= 0.3 is 25.2 Å². The summed E-state index contributed by atoms with van der Waals surface area (Å²) >= 11 is 0. The first-order valence-electron chi connectivity index (χ1n) is 28.6. The fourth-order valence-corrected chi connectivity index (χ4v) is 11.5. The maximum atomic E-state index is 15.4. The number of hydrogen-bond donors (Lipinski definition) is 3. The van der Waals surface area contributed by atoms with Crippen molar-refractivity contribution in [3.63, 3.8) is 0 Å². The lowest BCUT2D eigenvalue weighted by Crippen LogP contribution is -2.38. The Hall–Kier alpha value is -9.62. The molecular formula is C65H64N7O17P. The van der Waals surface area contributed by atoms with Crippen LogP contribution in [0.25, 0.3) is 4.85 Å². The van der Waals surface area contributed by atoms with Gasteiger partial charge in [0.2, 0.25) is 12.5 Å². The van der Waals surface area contributed by atoms with Crippen molar-refractivity contribution >= 4 is 37.2 Å². The number of carbonyl (C=O) groups excluding carboxylic acids is 4. The van der Waals surface area contributed by atoms with E-state index < -0.39 is 92.3 Å². The molecule has 90 heavy (non-hydrogen) atoms. The van der Waals surface area contributed by atoms with E-state index in [2.05, 4.69) is 37.3 Å². The van der Waals surface area contributed by atoms with Gasteiger partial charge in [-0.2, -0.15) is 4.98 Å². The molecule has 0 radical (unpaired) electrons. The first-order chi connectivity index (χ1) is 43.6. The largest absolute Gasteiger partial charge is 0.497 e. The number of methoxy groups -OCH3 is 2. The Morgan fingerprint density at radius 1 is 0.756 bits per heavy atom. The zero-order valence-electron chi connectivity index (χ0n) is 49.2. The van der Waals surface area contributed by atoms with Crippen LogP contribution in [0.4, 0.5) is 5.82 Å². The topological polar surface area (TPSA) is 287 Å². The number of rotatable bonds is 27. The van der Waals surface area contributed by atoms with Gasteiger partial charge in [0.1, 0.15) is 77.7 Å². The summed E-state index contributed by atoms with van der Waals surface area (Å²) in [7, 11) is -1.87. The molecule has 7 aromatic rings. The molecule has 0 saturated carbocycles. The Labute approximate surface area is 516 Å². The molecule has 9 rings (SSSR count). The molecule has 0 spiro atoms. The summed E-state index contributed by atoms with van der Waals surface area (Å²) in [6.45, 7) is 6.85. The van der Waals surface area contributed by atoms with E-state index in [1.54, 1.807) is 93.1 Å². The number of aromatic amines is 1. The minimum atomic E-state index is -4.96. The van der Waals surface area contributed by atoms with E-state index in [4.69, 9.17) is 48.6 Å². The van der Waals surface area contributed by atoms with Gasteiger partial charge in [0.25, 0.3) is 11.5 Å². The van der Waals surface area contributed by atoms with Crippen LogP contribution in [-0.2, 0) is 63.5 Å². The van der Waals surface area contributed by atoms with Crippen LogP contribution < -0.4 is 37.0 Å². The van der Waals surface area contributed by atoms with Crippen LogP contribution in [0, 0.1) is 18.4 Å². The van der Waals surface area contributed by atoms with Gasteiger partial charge in [0.15, 0.2) is 0 Å². The van der Waals surface area contributed by atoms with Gasteiger partial charge in [-0.1, -0.05) is 115 Å². The maximum Gasteiger partial charge on any atom is 0.475 e. The van der Waals surface area contributed by atoms with Crippen molar-refractivity contribution < 1.29 is 65.7 Å². The summed E-state index contributed by atoms with van der Waals surface area (Å²) in [4.78, 5) is 101. The third kappa shape index (κ3) is 16.6. The number of amides is 2. The predicted octanol–water partition coefficient (Wildman–Crippen LogP) is 7.08. The van der Waals surface area contributed by atoms with E-state index in [9.17, 15) is 33.6 Å². The molecule has 2 fully saturated rings. The van der Waals surface area contributed by atoms with Crippen molar-refractivity contribution in [2.75, 3.05) is 52.4 Å². The number of nitrogens with one attached hydrogen (secondary N) is 3. The summed E-state index contributed by atoms with van der Waals surface area (Å²) in [5, 5.41) is 5.30. The summed E-state index contributed by atoms with van der Waals surface area (Å²) in [6, 6.07) is 42.6. The molecule has 5 aromatic carbocycles. The first-order valence-corrected chi connectivity index (χ1v) is 30.0. The molecule has 2 saturated heterocycles. The van der Waals surface area contributed by atoms with Gasteiger partial charge in [-0.15, -0.1) is 0 Å². The van der Waals surface area contributed by atoms with Crippen molar-refractivity contribution in [3.8, 4) is 23.3 Å². The lowest BCUT2D eigenvalue weighted by atomic mass is 9.80. The fourth-order valence-electron chi connectivity index (χ4n) is 10.1. The van der Waals surface area contributed by atoms with Gasteiger partial charge in [-0.05, 0) is 71.6 Å². The first kappa shape index (κ1) is 64.8. The molecule has 1 unspecified atom stereocenters. The third-order valence-electron chi connectivity index (χ3n) is 14.6. The number of hydrogen-bond acceptors (Lipinski definition) is 18. The predicted molar refractivity (Wildman–Crippen MR) is 325 cm³/mol. The van der Waals surface area contributed by atoms with E-state index >= 15 is 4.57 Å². The molecule has 2 aliphatic rings. The van der Waals surface area contributed by atoms with E-state index in [0.717, 1.165) is 20.9 Å². The molecule has 0 aliphatic carbocycles. The van der Waals surface area contributed by atoms with Gasteiger partial charge in [0, 0.05) is 37.2 Å². The van der Waals surface area contributed by atoms with Crippen LogP contribution in [0.2, 0.25) is 0 Å². The molecule has 2 amide bonds. The van der Waals surface area contributed by atoms with Crippen LogP contribution in [0.3, 0.4) is 0 Å². The van der Waals surface area contributed by atoms with Crippen molar-refractivity contribution in [2.45, 2.75) is 81.5 Å². The highest BCUT2D eigenvalue weighted by atomic mass is 31.2. The van der Waals surface area contributed by atoms with Crippen LogP contribution in [0.1, 0.15) is 83.2 Å². The molecule has 4 heterocycles. The van der Waals surface area contributed by atoms with Crippen LogP contribution in [0.5, 0.6) is 11.5 Å². The van der Waals surface area contributed by atoms with Crippen LogP contribution in [0.15, 0.2) is 172 Å². The van der Waals surface area contributed by atoms with Crippen molar-refractivity contribution in [1.82, 2.24) is 24.4 Å². The normalized spacial score (nSPS) is 18.4. The number of aromatic nitrogens is 4. The zero-order chi connectivity index (χ0) is 63.6. The number of ether oxygens (including phenoxy) is 6. The monoisotopic (exact) mass is 1250 g/mol. The lowest BCUT2D eigenvalue weighted by Gasteiger charge is -2.37. The number of ketones is 1. The van der Waals surface area contributed by atoms with Crippen molar-refractivity contribution in [2.24, 2.45) is 0 Å². The second kappa shape index (κ2) is 30.5. The number of Topliss-reactive ketones (excluding diaryl/α,β-unsaturated/α-hetero) is 1. The number of benzene rings is 5. The summed E-state index contributed by atoms with van der Waals surface area (Å²) < 4.78 is 73.1. The summed E-state index contributed by atoms with van der Waals surface area (Å²) in [5.41, 5.74) is -1.11. The van der Waals surface area contributed by atoms with E-state index in [0.29, 0.717) is 33.8 Å². The standard InChI is InChI=1S/C65H64N7O17P/c1-43(73)22-31-60(75)88-52-38-59(72-40-46(62(77)70-64(72)79)19-14-33-67-57(74)37-44-15-8-5-9-16-44)87-55(52)42-85-90(80,84-36-34-66-2)89-53-39-58(71-35-32-56(69-63(71)78)68-61(76)45-17-10-6-11-18-45)86-54(53)41-83-65(47-20-12-7-13-21-47,48-23-27-50(81-3)28-24-48)49-25-29-51(82-4)30-26-49/h5-13,15-18,20-21,23-30,32,35,40,52-55,58-59H,22,31,33-34,36-39,41-42H2,1,3-4H3,(H,67,74)(H,70,77,79)(H,68,69,76,78)/t52-,53-,54-,55-,58-,59-,90?/m1/s1. The average molecular weight is 1250 g/mol. The number of esters is 1. The minimum Gasteiger partial charge on any atom is -0.497 e. The SMILES string of the molecule is [C-]#[N+]CCOP(=O)(OC[C@H]1O[C@@H](n2cc(C#CCNC(=O)Cc3ccccc3)c(=O)[nH]c2=O)C[C@H]1OC(=O)CCC(C)=O)O[C@@H]1C[C@H](n2ccc(NC(=O)c3ccccc3)nc2=O)O[C@@H]1COC(c1ccccc1)(c1ccc(OC)cc1)c1ccc(OC)cc1. The summed E-state index contributed by atoms with van der Waals surface area (Å²) in [6.07, 6.45) is -5.94. The molecule has 7 atom stereocenters. The van der Waals surface area contributed by atoms with Crippen molar-refractivity contribution in [1.29, 1.82) is 0 Å². The van der Waals surface area contributed by atoms with E-state index in [-0.39, 0.29) is 74.9 Å². The van der Waals surface area contributed by atoms with Gasteiger partial charge in [-0.25, -0.2) is 20.7 Å². The second-order valence-corrected chi connectivity index (χ2v) is 22.3. The van der Waals surface area contributed by atoms with Crippen molar-refractivity contribution in [3.05, 3.63) is 234 Å². The Bertz CT molecular complexity index is 3930. The highest BCUT2D eigenvalue weighted by molar-refractivity contribution is 7.48. The Morgan fingerprint density at radius 2 is 1.36 bits per heavy atom. The van der Waals surface area contributed by atoms with E-state index in [1.807, 2.05) is 60.7 Å². The zero-order valence-corrected chi connectivity index (χ0v) is 50.1. The summed E-state index contributed by atoms with van der Waals surface area (Å²) in [5.74, 6) is 4.56. The molecule has 25 heteroatoms. The quantitative estimate of drug-likeness (QED) is 0.0116. The number of phosphoric acid groups is 1. The van der Waals surface area contributed by atoms with E-state index in [1.165, 1.54) is 19.2 Å². The Morgan fingerprint density at radius 3 is 1.98 bits per heavy atom. The van der Waals surface area contributed by atoms with Gasteiger partial charge < -0.3 is 48.7 Å². The molecule has 24 nitrogen and oxygen atoms in total. The third-order valence-corrected chi connectivity index (χ3v) is 16.1. The van der Waals surface area contributed by atoms with Crippen LogP contribution in [-0.4, -0.2) is 114 Å². The fraction of sp³-hybridized carbons (Fsp3) is 0.308. The molecule has 3 N–H and O–H groups in total. The minimum absolute atomic E-state index is 0.0516.